The number of thiazole rings is 1. The molecule has 1 aliphatic carbocycles. The number of hydrogen-bond donors (Lipinski definition) is 2. The van der Waals surface area contributed by atoms with Gasteiger partial charge in [0.1, 0.15) is 0 Å². The van der Waals surface area contributed by atoms with Gasteiger partial charge in [0.05, 0.1) is 23.9 Å². The van der Waals surface area contributed by atoms with Gasteiger partial charge in [-0.05, 0) is 13.0 Å². The zero-order valence-electron chi connectivity index (χ0n) is 15.1. The van der Waals surface area contributed by atoms with Gasteiger partial charge in [0, 0.05) is 31.8 Å². The molecule has 9 heteroatoms. The lowest BCUT2D eigenvalue weighted by Gasteiger charge is -2.40. The number of aromatic nitrogens is 1. The summed E-state index contributed by atoms with van der Waals surface area (Å²) >= 11 is 1.46. The van der Waals surface area contributed by atoms with Crippen LogP contribution in [0.1, 0.15) is 23.4 Å². The molecule has 1 fully saturated rings. The van der Waals surface area contributed by atoms with Gasteiger partial charge in [-0.3, -0.25) is 4.90 Å². The van der Waals surface area contributed by atoms with Crippen LogP contribution in [0.2, 0.25) is 25.7 Å². The van der Waals surface area contributed by atoms with E-state index in [2.05, 4.69) is 36.1 Å². The van der Waals surface area contributed by atoms with Crippen LogP contribution in [0.5, 0.6) is 0 Å². The highest BCUT2D eigenvalue weighted by atomic mass is 32.1. The third kappa shape index (κ3) is 3.20. The second kappa shape index (κ2) is 6.18. The van der Waals surface area contributed by atoms with Gasteiger partial charge in [0.2, 0.25) is 0 Å². The number of amides is 1. The molecule has 0 radical (unpaired) electrons. The standard InChI is InChI=1S/C16H25N5O2SSi/c1-16-7-11-12(24-14(18)20-11)10(13(16)19-9-17)8-21(16)15(22)23-5-6-25(2,3)4/h10,13,19H,5-8H2,1-4H3,(H2,18,20). The van der Waals surface area contributed by atoms with Crippen LogP contribution < -0.4 is 11.1 Å². The van der Waals surface area contributed by atoms with Crippen molar-refractivity contribution in [1.29, 1.82) is 5.26 Å². The van der Waals surface area contributed by atoms with Gasteiger partial charge in [-0.15, -0.1) is 11.3 Å². The van der Waals surface area contributed by atoms with E-state index in [-0.39, 0.29) is 18.1 Å². The molecule has 3 N–H and O–H groups in total. The minimum absolute atomic E-state index is 0.0211. The Kier molecular flexibility index (Phi) is 4.45. The van der Waals surface area contributed by atoms with E-state index >= 15 is 0 Å². The SMILES string of the molecule is CC12Cc3nc(N)sc3C(CN1C(=O)OCC[Si](C)(C)C)C2NC#N. The molecule has 25 heavy (non-hydrogen) atoms. The lowest BCUT2D eigenvalue weighted by atomic mass is 9.78. The van der Waals surface area contributed by atoms with Gasteiger partial charge in [-0.2, -0.15) is 5.26 Å². The van der Waals surface area contributed by atoms with Gasteiger partial charge in [0.25, 0.3) is 0 Å². The third-order valence-corrected chi connectivity index (χ3v) is 7.96. The molecule has 0 spiro atoms. The van der Waals surface area contributed by atoms with E-state index in [4.69, 9.17) is 10.5 Å². The highest BCUT2D eigenvalue weighted by Gasteiger charge is 2.58. The minimum atomic E-state index is -1.26. The van der Waals surface area contributed by atoms with E-state index in [1.807, 2.05) is 6.92 Å². The van der Waals surface area contributed by atoms with Crippen LogP contribution in [-0.4, -0.2) is 48.8 Å². The Hall–Kier alpha value is -1.79. The van der Waals surface area contributed by atoms with Crippen LogP contribution in [0.25, 0.3) is 0 Å². The Morgan fingerprint density at radius 3 is 2.96 bits per heavy atom. The molecule has 0 saturated carbocycles. The van der Waals surface area contributed by atoms with Crippen molar-refractivity contribution in [1.82, 2.24) is 15.2 Å². The maximum atomic E-state index is 12.7. The summed E-state index contributed by atoms with van der Waals surface area (Å²) in [7, 11) is -1.26. The van der Waals surface area contributed by atoms with E-state index < -0.39 is 13.6 Å². The largest absolute Gasteiger partial charge is 0.450 e. The topological polar surface area (TPSA) is 104 Å². The lowest BCUT2D eigenvalue weighted by molar-refractivity contribution is 0.0730. The first kappa shape index (κ1) is 18.0. The Bertz CT molecular complexity index is 725. The molecule has 2 bridgehead atoms. The highest BCUT2D eigenvalue weighted by Crippen LogP contribution is 2.49. The number of ether oxygens (including phenoxy) is 1. The fourth-order valence-corrected chi connectivity index (χ4v) is 5.51. The highest BCUT2D eigenvalue weighted by molar-refractivity contribution is 7.15. The zero-order valence-corrected chi connectivity index (χ0v) is 16.9. The molecule has 3 rings (SSSR count). The molecular formula is C16H25N5O2SSi. The molecule has 0 aromatic carbocycles. The fourth-order valence-electron chi connectivity index (χ4n) is 3.82. The molecule has 1 amide bonds. The molecule has 7 nitrogen and oxygen atoms in total. The summed E-state index contributed by atoms with van der Waals surface area (Å²) in [6, 6.07) is 0.798. The number of nitrogens with one attached hydrogen (secondary N) is 1. The van der Waals surface area contributed by atoms with E-state index in [0.29, 0.717) is 24.7 Å². The number of fused-ring (bicyclic) bond motifs is 4. The van der Waals surface area contributed by atoms with Crippen molar-refractivity contribution in [2.24, 2.45) is 0 Å². The first-order valence-corrected chi connectivity index (χ1v) is 13.0. The summed E-state index contributed by atoms with van der Waals surface area (Å²) in [6.45, 7) is 9.75. The Morgan fingerprint density at radius 2 is 2.32 bits per heavy atom. The molecule has 2 aliphatic rings. The maximum absolute atomic E-state index is 12.7. The molecule has 2 heterocycles. The molecule has 1 aromatic heterocycles. The zero-order chi connectivity index (χ0) is 18.4. The third-order valence-electron chi connectivity index (χ3n) is 5.19. The number of nitrogens with two attached hydrogens (primary N) is 1. The van der Waals surface area contributed by atoms with Gasteiger partial charge in [-0.25, -0.2) is 9.78 Å². The Labute approximate surface area is 153 Å². The fraction of sp³-hybridized carbons (Fsp3) is 0.688. The summed E-state index contributed by atoms with van der Waals surface area (Å²) < 4.78 is 5.57. The van der Waals surface area contributed by atoms with Gasteiger partial charge in [-0.1, -0.05) is 19.6 Å². The van der Waals surface area contributed by atoms with Crippen LogP contribution in [0.15, 0.2) is 0 Å². The van der Waals surface area contributed by atoms with Crippen molar-refractivity contribution >= 4 is 30.6 Å². The van der Waals surface area contributed by atoms with Crippen molar-refractivity contribution in [3.05, 3.63) is 10.6 Å². The smallest absolute Gasteiger partial charge is 0.410 e. The van der Waals surface area contributed by atoms with Crippen molar-refractivity contribution in [2.75, 3.05) is 18.9 Å². The predicted octanol–water partition coefficient (Wildman–Crippen LogP) is 2.35. The number of likely N-dealkylation sites (tertiary alicyclic amines) is 1. The predicted molar refractivity (Wildman–Crippen MR) is 100 cm³/mol. The number of nitrogen functional groups attached to an aromatic ring is 1. The summed E-state index contributed by atoms with van der Waals surface area (Å²) in [6.07, 6.45) is 2.34. The molecule has 1 saturated heterocycles. The Balaban J connectivity index is 1.81. The monoisotopic (exact) mass is 379 g/mol. The van der Waals surface area contributed by atoms with Crippen LogP contribution in [0.3, 0.4) is 0 Å². The number of nitriles is 1. The molecule has 136 valence electrons. The van der Waals surface area contributed by atoms with E-state index in [0.717, 1.165) is 16.6 Å². The first-order valence-electron chi connectivity index (χ1n) is 8.50. The molecular weight excluding hydrogens is 354 g/mol. The second-order valence-electron chi connectivity index (χ2n) is 8.27. The Morgan fingerprint density at radius 1 is 1.60 bits per heavy atom. The van der Waals surface area contributed by atoms with Crippen molar-refractivity contribution in [3.8, 4) is 6.19 Å². The van der Waals surface area contributed by atoms with Crippen LogP contribution in [0, 0.1) is 11.5 Å². The first-order chi connectivity index (χ1) is 11.7. The van der Waals surface area contributed by atoms with Crippen LogP contribution in [0.4, 0.5) is 9.93 Å². The number of hydrogen-bond acceptors (Lipinski definition) is 7. The molecule has 3 unspecified atom stereocenters. The summed E-state index contributed by atoms with van der Waals surface area (Å²) in [5.74, 6) is 0.0211. The molecule has 1 aromatic rings. The van der Waals surface area contributed by atoms with Gasteiger partial charge >= 0.3 is 6.09 Å². The van der Waals surface area contributed by atoms with Gasteiger partial charge in [0.15, 0.2) is 11.3 Å². The van der Waals surface area contributed by atoms with Crippen LogP contribution >= 0.6 is 11.3 Å². The quantitative estimate of drug-likeness (QED) is 0.473. The van der Waals surface area contributed by atoms with Crippen LogP contribution in [-0.2, 0) is 11.2 Å². The van der Waals surface area contributed by atoms with Gasteiger partial charge < -0.3 is 15.8 Å². The number of carbonyl (C=O) groups is 1. The maximum Gasteiger partial charge on any atom is 0.410 e. The number of nitrogens with zero attached hydrogens (tertiary/aromatic N) is 3. The number of carbonyl (C=O) groups excluding carboxylic acids is 1. The summed E-state index contributed by atoms with van der Waals surface area (Å²) in [4.78, 5) is 20.0. The average molecular weight is 380 g/mol. The number of anilines is 1. The summed E-state index contributed by atoms with van der Waals surface area (Å²) in [5.41, 5.74) is 6.28. The molecule has 3 atom stereocenters. The summed E-state index contributed by atoms with van der Waals surface area (Å²) in [5, 5.41) is 12.6. The molecule has 1 aliphatic heterocycles. The van der Waals surface area contributed by atoms with E-state index in [1.165, 1.54) is 11.3 Å². The average Bonchev–Trinajstić information content (AvgIpc) is 2.94. The normalized spacial score (nSPS) is 27.6. The second-order valence-corrected chi connectivity index (χ2v) is 15.0. The minimum Gasteiger partial charge on any atom is -0.450 e. The lowest BCUT2D eigenvalue weighted by Crippen LogP contribution is -2.57. The van der Waals surface area contributed by atoms with Crippen molar-refractivity contribution in [3.63, 3.8) is 0 Å². The van der Waals surface area contributed by atoms with E-state index in [9.17, 15) is 10.1 Å². The van der Waals surface area contributed by atoms with E-state index in [1.54, 1.807) is 4.90 Å². The van der Waals surface area contributed by atoms with Crippen molar-refractivity contribution < 1.29 is 9.53 Å². The van der Waals surface area contributed by atoms with Crippen molar-refractivity contribution in [2.45, 2.75) is 56.5 Å². The number of rotatable bonds is 4.